The van der Waals surface area contributed by atoms with Gasteiger partial charge in [0, 0.05) is 11.6 Å². The van der Waals surface area contributed by atoms with Gasteiger partial charge in [-0.25, -0.2) is 0 Å². The van der Waals surface area contributed by atoms with E-state index in [0.717, 1.165) is 31.6 Å². The minimum Gasteiger partial charge on any atom is -0.494 e. The van der Waals surface area contributed by atoms with Crippen molar-refractivity contribution >= 4 is 0 Å². The maximum Gasteiger partial charge on any atom is 0.119 e. The van der Waals surface area contributed by atoms with E-state index in [4.69, 9.17) is 4.74 Å². The van der Waals surface area contributed by atoms with Crippen molar-refractivity contribution in [3.05, 3.63) is 29.8 Å². The summed E-state index contributed by atoms with van der Waals surface area (Å²) in [6, 6.07) is 8.52. The Morgan fingerprint density at radius 1 is 1.20 bits per heavy atom. The molecule has 0 heterocycles. The average molecular weight is 279 g/mol. The number of hydrogen-bond acceptors (Lipinski definition) is 3. The van der Waals surface area contributed by atoms with Gasteiger partial charge in [0.1, 0.15) is 5.75 Å². The van der Waals surface area contributed by atoms with Crippen molar-refractivity contribution in [3.8, 4) is 5.75 Å². The van der Waals surface area contributed by atoms with Gasteiger partial charge in [0.15, 0.2) is 0 Å². The van der Waals surface area contributed by atoms with Gasteiger partial charge < -0.3 is 15.2 Å². The second-order valence-electron chi connectivity index (χ2n) is 6.14. The molecule has 0 spiro atoms. The normalized spacial score (nSPS) is 14.3. The topological polar surface area (TPSA) is 41.5 Å². The first-order chi connectivity index (χ1) is 9.45. The lowest BCUT2D eigenvalue weighted by Gasteiger charge is -2.31. The van der Waals surface area contributed by atoms with Gasteiger partial charge in [-0.15, -0.1) is 0 Å². The summed E-state index contributed by atoms with van der Waals surface area (Å²) in [5, 5.41) is 12.9. The quantitative estimate of drug-likeness (QED) is 0.682. The summed E-state index contributed by atoms with van der Waals surface area (Å²) in [6.45, 7) is 9.26. The summed E-state index contributed by atoms with van der Waals surface area (Å²) in [5.74, 6) is 0.931. The number of rotatable bonds is 9. The van der Waals surface area contributed by atoms with E-state index in [1.54, 1.807) is 0 Å². The van der Waals surface area contributed by atoms with Gasteiger partial charge in [0.05, 0.1) is 13.2 Å². The fourth-order valence-corrected chi connectivity index (χ4v) is 2.34. The van der Waals surface area contributed by atoms with Crippen LogP contribution in [-0.4, -0.2) is 29.9 Å². The molecule has 0 radical (unpaired) electrons. The second-order valence-corrected chi connectivity index (χ2v) is 6.14. The third-order valence-electron chi connectivity index (χ3n) is 3.40. The van der Waals surface area contributed by atoms with Crippen molar-refractivity contribution in [2.45, 2.75) is 58.5 Å². The maximum atomic E-state index is 9.50. The van der Waals surface area contributed by atoms with E-state index in [0.29, 0.717) is 6.04 Å². The van der Waals surface area contributed by atoms with Gasteiger partial charge in [-0.05, 0) is 45.2 Å². The molecule has 0 aliphatic heterocycles. The van der Waals surface area contributed by atoms with Crippen molar-refractivity contribution in [3.63, 3.8) is 0 Å². The number of benzene rings is 1. The van der Waals surface area contributed by atoms with Crippen LogP contribution in [0.4, 0.5) is 0 Å². The molecular weight excluding hydrogens is 250 g/mol. The Labute approximate surface area is 123 Å². The molecule has 1 aromatic rings. The Morgan fingerprint density at radius 3 is 2.40 bits per heavy atom. The molecule has 0 amide bonds. The fraction of sp³-hybridized carbons (Fsp3) is 0.647. The van der Waals surface area contributed by atoms with Crippen molar-refractivity contribution in [2.75, 3.05) is 13.2 Å². The lowest BCUT2D eigenvalue weighted by Crippen LogP contribution is -2.49. The van der Waals surface area contributed by atoms with Gasteiger partial charge in [-0.2, -0.15) is 0 Å². The number of ether oxygens (including phenoxy) is 1. The number of aryl methyl sites for hydroxylation is 1. The molecule has 3 nitrogen and oxygen atoms in total. The third kappa shape index (κ3) is 6.40. The number of unbranched alkanes of at least 4 members (excludes halogenated alkanes) is 1. The lowest BCUT2D eigenvalue weighted by atomic mass is 9.95. The van der Waals surface area contributed by atoms with Crippen LogP contribution in [0.15, 0.2) is 24.3 Å². The predicted molar refractivity (Wildman–Crippen MR) is 84.3 cm³/mol. The largest absolute Gasteiger partial charge is 0.494 e. The van der Waals surface area contributed by atoms with Crippen LogP contribution in [0.5, 0.6) is 5.75 Å². The van der Waals surface area contributed by atoms with Crippen LogP contribution in [0, 0.1) is 6.92 Å². The zero-order valence-electron chi connectivity index (χ0n) is 13.3. The van der Waals surface area contributed by atoms with Crippen LogP contribution >= 0.6 is 0 Å². The summed E-state index contributed by atoms with van der Waals surface area (Å²) < 4.78 is 5.71. The average Bonchev–Trinajstić information content (AvgIpc) is 2.40. The first kappa shape index (κ1) is 17.0. The van der Waals surface area contributed by atoms with Crippen LogP contribution in [0.3, 0.4) is 0 Å². The Hall–Kier alpha value is -1.06. The molecule has 0 bridgehead atoms. The van der Waals surface area contributed by atoms with Gasteiger partial charge in [0.2, 0.25) is 0 Å². The molecular formula is C17H29NO2. The number of nitrogens with one attached hydrogen (secondary N) is 1. The molecule has 1 atom stereocenters. The molecule has 0 aromatic heterocycles. The molecule has 20 heavy (non-hydrogen) atoms. The highest BCUT2D eigenvalue weighted by molar-refractivity contribution is 5.26. The molecule has 1 rings (SSSR count). The van der Waals surface area contributed by atoms with Crippen LogP contribution in [0.25, 0.3) is 0 Å². The summed E-state index contributed by atoms with van der Waals surface area (Å²) in [6.07, 6.45) is 3.00. The highest BCUT2D eigenvalue weighted by atomic mass is 16.5. The van der Waals surface area contributed by atoms with Crippen molar-refractivity contribution in [2.24, 2.45) is 0 Å². The van der Waals surface area contributed by atoms with Gasteiger partial charge >= 0.3 is 0 Å². The van der Waals surface area contributed by atoms with E-state index >= 15 is 0 Å². The number of aliphatic hydroxyl groups is 1. The first-order valence-electron chi connectivity index (χ1n) is 7.53. The minimum atomic E-state index is -0.183. The van der Waals surface area contributed by atoms with E-state index in [-0.39, 0.29) is 12.1 Å². The molecule has 0 fully saturated rings. The van der Waals surface area contributed by atoms with Gasteiger partial charge in [0.25, 0.3) is 0 Å². The second kappa shape index (κ2) is 8.28. The summed E-state index contributed by atoms with van der Waals surface area (Å²) in [4.78, 5) is 0. The highest BCUT2D eigenvalue weighted by Crippen LogP contribution is 2.16. The Bertz CT molecular complexity index is 375. The van der Waals surface area contributed by atoms with Gasteiger partial charge in [-0.3, -0.25) is 0 Å². The summed E-state index contributed by atoms with van der Waals surface area (Å²) >= 11 is 0. The van der Waals surface area contributed by atoms with Crippen molar-refractivity contribution in [1.29, 1.82) is 0 Å². The number of aliphatic hydroxyl groups excluding tert-OH is 1. The summed E-state index contributed by atoms with van der Waals surface area (Å²) in [5.41, 5.74) is 1.06. The lowest BCUT2D eigenvalue weighted by molar-refractivity contribution is 0.152. The SMILES string of the molecule is Cc1ccc(OCCCCC(C)(CO)NC(C)C)cc1. The fourth-order valence-electron chi connectivity index (χ4n) is 2.34. The number of hydrogen-bond donors (Lipinski definition) is 2. The monoisotopic (exact) mass is 279 g/mol. The van der Waals surface area contributed by atoms with E-state index in [9.17, 15) is 5.11 Å². The molecule has 0 aliphatic rings. The van der Waals surface area contributed by atoms with Crippen LogP contribution < -0.4 is 10.1 Å². The highest BCUT2D eigenvalue weighted by Gasteiger charge is 2.22. The van der Waals surface area contributed by atoms with E-state index in [2.05, 4.69) is 45.1 Å². The molecule has 0 saturated carbocycles. The molecule has 2 N–H and O–H groups in total. The standard InChI is InChI=1S/C17H29NO2/c1-14(2)18-17(4,13-19)11-5-6-12-20-16-9-7-15(3)8-10-16/h7-10,14,18-19H,5-6,11-13H2,1-4H3. The molecule has 3 heteroatoms. The summed E-state index contributed by atoms with van der Waals surface area (Å²) in [7, 11) is 0. The van der Waals surface area contributed by atoms with Crippen LogP contribution in [-0.2, 0) is 0 Å². The van der Waals surface area contributed by atoms with Crippen LogP contribution in [0.2, 0.25) is 0 Å². The van der Waals surface area contributed by atoms with E-state index in [1.165, 1.54) is 5.56 Å². The molecule has 1 unspecified atom stereocenters. The minimum absolute atomic E-state index is 0.171. The zero-order valence-corrected chi connectivity index (χ0v) is 13.3. The maximum absolute atomic E-state index is 9.50. The molecule has 1 aromatic carbocycles. The van der Waals surface area contributed by atoms with E-state index < -0.39 is 0 Å². The zero-order chi connectivity index (χ0) is 15.0. The predicted octanol–water partition coefficient (Wildman–Crippen LogP) is 3.29. The van der Waals surface area contributed by atoms with E-state index in [1.807, 2.05) is 12.1 Å². The molecule has 0 saturated heterocycles. The smallest absolute Gasteiger partial charge is 0.119 e. The molecule has 114 valence electrons. The van der Waals surface area contributed by atoms with Gasteiger partial charge in [-0.1, -0.05) is 31.5 Å². The Kier molecular flexibility index (Phi) is 7.03. The Balaban J connectivity index is 2.22. The third-order valence-corrected chi connectivity index (χ3v) is 3.40. The Morgan fingerprint density at radius 2 is 1.85 bits per heavy atom. The molecule has 0 aliphatic carbocycles. The van der Waals surface area contributed by atoms with Crippen molar-refractivity contribution in [1.82, 2.24) is 5.32 Å². The van der Waals surface area contributed by atoms with Crippen LogP contribution in [0.1, 0.15) is 45.6 Å². The first-order valence-corrected chi connectivity index (χ1v) is 7.53. The van der Waals surface area contributed by atoms with Crippen molar-refractivity contribution < 1.29 is 9.84 Å².